The number of amides is 1. The van der Waals surface area contributed by atoms with Gasteiger partial charge in [0.15, 0.2) is 5.11 Å². The van der Waals surface area contributed by atoms with Crippen molar-refractivity contribution < 1.29 is 22.7 Å². The van der Waals surface area contributed by atoms with Gasteiger partial charge in [-0.1, -0.05) is 0 Å². The van der Waals surface area contributed by atoms with E-state index in [-0.39, 0.29) is 17.2 Å². The summed E-state index contributed by atoms with van der Waals surface area (Å²) in [6.45, 7) is 8.85. The third-order valence-electron chi connectivity index (χ3n) is 3.88. The zero-order chi connectivity index (χ0) is 20.9. The maximum Gasteiger partial charge on any atom is 0.573 e. The second-order valence-corrected chi connectivity index (χ2v) is 7.95. The molecular formula is C18H25F3N4O2S. The largest absolute Gasteiger partial charge is 0.573 e. The third-order valence-corrected chi connectivity index (χ3v) is 4.24. The number of nitrogens with one attached hydrogen (secondary N) is 2. The van der Waals surface area contributed by atoms with Crippen molar-refractivity contribution in [3.63, 3.8) is 0 Å². The Morgan fingerprint density at radius 3 is 2.18 bits per heavy atom. The van der Waals surface area contributed by atoms with Gasteiger partial charge in [0.05, 0.1) is 6.54 Å². The number of alkyl halides is 3. The highest BCUT2D eigenvalue weighted by Crippen LogP contribution is 2.24. The summed E-state index contributed by atoms with van der Waals surface area (Å²) in [6.07, 6.45) is -4.71. The van der Waals surface area contributed by atoms with Crippen molar-refractivity contribution in [2.24, 2.45) is 0 Å². The average molecular weight is 418 g/mol. The van der Waals surface area contributed by atoms with E-state index in [1.54, 1.807) is 0 Å². The Kier molecular flexibility index (Phi) is 7.11. The number of hydrogen-bond donors (Lipinski definition) is 2. The molecule has 0 aromatic heterocycles. The number of thiocarbonyl (C=S) groups is 1. The molecule has 156 valence electrons. The summed E-state index contributed by atoms with van der Waals surface area (Å²) in [5.41, 5.74) is 0.317. The highest BCUT2D eigenvalue weighted by molar-refractivity contribution is 7.80. The van der Waals surface area contributed by atoms with Crippen molar-refractivity contribution in [3.8, 4) is 5.75 Å². The van der Waals surface area contributed by atoms with Crippen LogP contribution in [0.1, 0.15) is 20.8 Å². The van der Waals surface area contributed by atoms with Crippen molar-refractivity contribution in [1.29, 1.82) is 0 Å². The number of carbonyl (C=O) groups excluding carboxylic acids is 1. The summed E-state index contributed by atoms with van der Waals surface area (Å²) in [6, 6.07) is 5.40. The average Bonchev–Trinajstić information content (AvgIpc) is 2.54. The maximum atomic E-state index is 12.2. The number of nitrogens with zero attached hydrogens (tertiary/aromatic N) is 2. The summed E-state index contributed by atoms with van der Waals surface area (Å²) < 4.78 is 40.4. The van der Waals surface area contributed by atoms with Gasteiger partial charge in [0, 0.05) is 37.4 Å². The van der Waals surface area contributed by atoms with Crippen molar-refractivity contribution in [3.05, 3.63) is 24.3 Å². The molecule has 0 bridgehead atoms. The molecule has 2 N–H and O–H groups in total. The van der Waals surface area contributed by atoms with E-state index in [4.69, 9.17) is 12.2 Å². The molecule has 1 amide bonds. The summed E-state index contributed by atoms with van der Waals surface area (Å²) in [5, 5.41) is 6.44. The molecule has 1 fully saturated rings. The molecular weight excluding hydrogens is 393 g/mol. The summed E-state index contributed by atoms with van der Waals surface area (Å²) in [5.74, 6) is -0.297. The first-order valence-corrected chi connectivity index (χ1v) is 9.27. The van der Waals surface area contributed by atoms with E-state index in [1.165, 1.54) is 24.3 Å². The molecule has 1 aromatic carbocycles. The number of halogens is 3. The molecule has 1 saturated heterocycles. The first kappa shape index (κ1) is 22.2. The molecule has 1 aromatic rings. The SMILES string of the molecule is CC(C)(C)NC(=O)CN1CCN(C(=S)Nc2ccc(OC(F)(F)F)cc2)CC1. The van der Waals surface area contributed by atoms with Gasteiger partial charge < -0.3 is 20.3 Å². The predicted octanol–water partition coefficient (Wildman–Crippen LogP) is 2.81. The smallest absolute Gasteiger partial charge is 0.406 e. The normalized spacial score (nSPS) is 15.9. The topological polar surface area (TPSA) is 56.8 Å². The minimum Gasteiger partial charge on any atom is -0.406 e. The molecule has 6 nitrogen and oxygen atoms in total. The lowest BCUT2D eigenvalue weighted by molar-refractivity contribution is -0.274. The molecule has 0 aliphatic carbocycles. The molecule has 28 heavy (non-hydrogen) atoms. The van der Waals surface area contributed by atoms with Crippen LogP contribution >= 0.6 is 12.2 Å². The Morgan fingerprint density at radius 2 is 1.68 bits per heavy atom. The quantitative estimate of drug-likeness (QED) is 0.734. The van der Waals surface area contributed by atoms with Crippen LogP contribution in [0.4, 0.5) is 18.9 Å². The minimum absolute atomic E-state index is 0.0113. The van der Waals surface area contributed by atoms with E-state index < -0.39 is 6.36 Å². The van der Waals surface area contributed by atoms with E-state index in [9.17, 15) is 18.0 Å². The first-order valence-electron chi connectivity index (χ1n) is 8.86. The molecule has 0 unspecified atom stereocenters. The van der Waals surface area contributed by atoms with Crippen molar-refractivity contribution >= 4 is 28.9 Å². The molecule has 0 saturated carbocycles. The third kappa shape index (κ3) is 7.89. The fourth-order valence-corrected chi connectivity index (χ4v) is 3.01. The van der Waals surface area contributed by atoms with Gasteiger partial charge in [-0.05, 0) is 57.3 Å². The minimum atomic E-state index is -4.71. The highest BCUT2D eigenvalue weighted by Gasteiger charge is 2.31. The van der Waals surface area contributed by atoms with Gasteiger partial charge in [-0.15, -0.1) is 13.2 Å². The zero-order valence-corrected chi connectivity index (χ0v) is 16.9. The van der Waals surface area contributed by atoms with Gasteiger partial charge in [0.1, 0.15) is 5.75 Å². The molecule has 1 heterocycles. The molecule has 10 heteroatoms. The molecule has 0 spiro atoms. The lowest BCUT2D eigenvalue weighted by Gasteiger charge is -2.36. The number of carbonyl (C=O) groups is 1. The number of benzene rings is 1. The van der Waals surface area contributed by atoms with Crippen LogP contribution in [-0.2, 0) is 4.79 Å². The van der Waals surface area contributed by atoms with Crippen LogP contribution in [0.25, 0.3) is 0 Å². The van der Waals surface area contributed by atoms with Gasteiger partial charge in [0.25, 0.3) is 0 Å². The van der Waals surface area contributed by atoms with Crippen LogP contribution in [0.3, 0.4) is 0 Å². The van der Waals surface area contributed by atoms with E-state index in [0.29, 0.717) is 43.5 Å². The molecule has 0 radical (unpaired) electrons. The fourth-order valence-electron chi connectivity index (χ4n) is 2.71. The number of rotatable bonds is 4. The molecule has 1 aliphatic rings. The van der Waals surface area contributed by atoms with Crippen molar-refractivity contribution in [1.82, 2.24) is 15.1 Å². The van der Waals surface area contributed by atoms with Crippen LogP contribution in [0.5, 0.6) is 5.75 Å². The van der Waals surface area contributed by atoms with Crippen LogP contribution in [0.15, 0.2) is 24.3 Å². The number of piperazine rings is 1. The van der Waals surface area contributed by atoms with Crippen LogP contribution in [-0.4, -0.2) is 65.4 Å². The van der Waals surface area contributed by atoms with Gasteiger partial charge in [-0.2, -0.15) is 0 Å². The summed E-state index contributed by atoms with van der Waals surface area (Å²) in [7, 11) is 0. The summed E-state index contributed by atoms with van der Waals surface area (Å²) in [4.78, 5) is 16.0. The molecule has 2 rings (SSSR count). The molecule has 1 aliphatic heterocycles. The molecule has 0 atom stereocenters. The Bertz CT molecular complexity index is 682. The van der Waals surface area contributed by atoms with Gasteiger partial charge in [-0.3, -0.25) is 9.69 Å². The Balaban J connectivity index is 1.78. The Morgan fingerprint density at radius 1 is 1.11 bits per heavy atom. The highest BCUT2D eigenvalue weighted by atomic mass is 32.1. The lowest BCUT2D eigenvalue weighted by Crippen LogP contribution is -2.53. The Labute approximate surface area is 168 Å². The lowest BCUT2D eigenvalue weighted by atomic mass is 10.1. The second-order valence-electron chi connectivity index (χ2n) is 7.56. The fraction of sp³-hybridized carbons (Fsp3) is 0.556. The number of ether oxygens (including phenoxy) is 1. The van der Waals surface area contributed by atoms with Crippen LogP contribution in [0, 0.1) is 0 Å². The predicted molar refractivity (Wildman–Crippen MR) is 105 cm³/mol. The standard InChI is InChI=1S/C18H25F3N4O2S/c1-17(2,3)23-15(26)12-24-8-10-25(11-9-24)16(28)22-13-4-6-14(7-5-13)27-18(19,20)21/h4-7H,8-12H2,1-3H3,(H,22,28)(H,23,26). The maximum absolute atomic E-state index is 12.2. The second kappa shape index (κ2) is 8.95. The van der Waals surface area contributed by atoms with E-state index in [1.807, 2.05) is 25.7 Å². The first-order chi connectivity index (χ1) is 12.9. The Hall–Kier alpha value is -2.07. The van der Waals surface area contributed by atoms with Gasteiger partial charge in [-0.25, -0.2) is 0 Å². The zero-order valence-electron chi connectivity index (χ0n) is 16.1. The summed E-state index contributed by atoms with van der Waals surface area (Å²) >= 11 is 5.38. The van der Waals surface area contributed by atoms with Crippen molar-refractivity contribution in [2.75, 3.05) is 38.0 Å². The number of hydrogen-bond acceptors (Lipinski definition) is 4. The van der Waals surface area contributed by atoms with E-state index in [0.717, 1.165) is 0 Å². The van der Waals surface area contributed by atoms with Crippen molar-refractivity contribution in [2.45, 2.75) is 32.7 Å². The number of anilines is 1. The van der Waals surface area contributed by atoms with E-state index >= 15 is 0 Å². The van der Waals surface area contributed by atoms with Gasteiger partial charge >= 0.3 is 6.36 Å². The monoisotopic (exact) mass is 418 g/mol. The van der Waals surface area contributed by atoms with E-state index in [2.05, 4.69) is 20.3 Å². The van der Waals surface area contributed by atoms with Gasteiger partial charge in [0.2, 0.25) is 5.91 Å². The van der Waals surface area contributed by atoms with Crippen LogP contribution < -0.4 is 15.4 Å². The van der Waals surface area contributed by atoms with Crippen LogP contribution in [0.2, 0.25) is 0 Å².